The molecule has 1 aromatic heterocycles. The van der Waals surface area contributed by atoms with Crippen molar-refractivity contribution in [3.05, 3.63) is 24.0 Å². The van der Waals surface area contributed by atoms with Gasteiger partial charge < -0.3 is 19.7 Å². The number of carbonyl (C=O) groups is 2. The smallest absolute Gasteiger partial charge is 0.352 e. The van der Waals surface area contributed by atoms with Gasteiger partial charge in [0.1, 0.15) is 12.2 Å². The predicted molar refractivity (Wildman–Crippen MR) is 70.1 cm³/mol. The van der Waals surface area contributed by atoms with Gasteiger partial charge in [-0.15, -0.1) is 0 Å². The van der Waals surface area contributed by atoms with Crippen molar-refractivity contribution in [2.24, 2.45) is 0 Å². The number of hydrogen-bond donors (Lipinski definition) is 2. The van der Waals surface area contributed by atoms with E-state index in [1.54, 1.807) is 19.4 Å². The van der Waals surface area contributed by atoms with E-state index in [1.807, 2.05) is 6.92 Å². The SMILES string of the molecule is CCCC(COC)NC(=O)Cn1cccc1C(=O)O. The zero-order chi connectivity index (χ0) is 14.3. The third-order valence-corrected chi connectivity index (χ3v) is 2.73. The van der Waals surface area contributed by atoms with Gasteiger partial charge in [-0.3, -0.25) is 4.79 Å². The van der Waals surface area contributed by atoms with Crippen LogP contribution >= 0.6 is 0 Å². The first-order chi connectivity index (χ1) is 9.08. The molecule has 0 radical (unpaired) electrons. The summed E-state index contributed by atoms with van der Waals surface area (Å²) in [5.74, 6) is -1.26. The maximum Gasteiger partial charge on any atom is 0.352 e. The van der Waals surface area contributed by atoms with Gasteiger partial charge in [0.05, 0.1) is 12.6 Å². The van der Waals surface area contributed by atoms with Crippen molar-refractivity contribution in [2.45, 2.75) is 32.4 Å². The maximum atomic E-state index is 11.9. The number of aromatic nitrogens is 1. The molecule has 1 amide bonds. The lowest BCUT2D eigenvalue weighted by molar-refractivity contribution is -0.122. The highest BCUT2D eigenvalue weighted by Gasteiger charge is 2.14. The van der Waals surface area contributed by atoms with E-state index in [-0.39, 0.29) is 24.2 Å². The number of nitrogens with one attached hydrogen (secondary N) is 1. The molecule has 0 aliphatic heterocycles. The van der Waals surface area contributed by atoms with E-state index in [0.717, 1.165) is 12.8 Å². The van der Waals surface area contributed by atoms with Crippen LogP contribution in [0.25, 0.3) is 0 Å². The highest BCUT2D eigenvalue weighted by molar-refractivity contribution is 5.86. The number of nitrogens with zero attached hydrogens (tertiary/aromatic N) is 1. The molecule has 6 nitrogen and oxygen atoms in total. The molecule has 19 heavy (non-hydrogen) atoms. The minimum Gasteiger partial charge on any atom is -0.477 e. The molecular weight excluding hydrogens is 248 g/mol. The van der Waals surface area contributed by atoms with Crippen molar-refractivity contribution in [3.63, 3.8) is 0 Å². The van der Waals surface area contributed by atoms with Crippen LogP contribution in [0.2, 0.25) is 0 Å². The fourth-order valence-electron chi connectivity index (χ4n) is 1.92. The number of rotatable bonds is 8. The van der Waals surface area contributed by atoms with Crippen LogP contribution in [0.15, 0.2) is 18.3 Å². The minimum atomic E-state index is -1.04. The Morgan fingerprint density at radius 2 is 2.26 bits per heavy atom. The third-order valence-electron chi connectivity index (χ3n) is 2.73. The van der Waals surface area contributed by atoms with E-state index in [2.05, 4.69) is 5.32 Å². The lowest BCUT2D eigenvalue weighted by atomic mass is 10.2. The van der Waals surface area contributed by atoms with Gasteiger partial charge in [0.25, 0.3) is 0 Å². The second kappa shape index (κ2) is 7.58. The highest BCUT2D eigenvalue weighted by atomic mass is 16.5. The quantitative estimate of drug-likeness (QED) is 0.740. The Morgan fingerprint density at radius 3 is 2.84 bits per heavy atom. The fraction of sp³-hybridized carbons (Fsp3) is 0.538. The van der Waals surface area contributed by atoms with Gasteiger partial charge in [-0.1, -0.05) is 13.3 Å². The zero-order valence-corrected chi connectivity index (χ0v) is 11.3. The summed E-state index contributed by atoms with van der Waals surface area (Å²) < 4.78 is 6.45. The number of amides is 1. The molecular formula is C13H20N2O4. The van der Waals surface area contributed by atoms with E-state index >= 15 is 0 Å². The van der Waals surface area contributed by atoms with Crippen LogP contribution in [0.3, 0.4) is 0 Å². The van der Waals surface area contributed by atoms with Crippen LogP contribution in [-0.4, -0.2) is 41.3 Å². The largest absolute Gasteiger partial charge is 0.477 e. The second-order valence-corrected chi connectivity index (χ2v) is 4.33. The topological polar surface area (TPSA) is 80.6 Å². The first-order valence-electron chi connectivity index (χ1n) is 6.25. The number of hydrogen-bond acceptors (Lipinski definition) is 3. The van der Waals surface area contributed by atoms with Crippen LogP contribution in [0.4, 0.5) is 0 Å². The second-order valence-electron chi connectivity index (χ2n) is 4.33. The summed E-state index contributed by atoms with van der Waals surface area (Å²) in [4.78, 5) is 22.8. The highest BCUT2D eigenvalue weighted by Crippen LogP contribution is 2.03. The molecule has 0 fully saturated rings. The molecule has 1 atom stereocenters. The third kappa shape index (κ3) is 4.75. The van der Waals surface area contributed by atoms with Crippen LogP contribution < -0.4 is 5.32 Å². The summed E-state index contributed by atoms with van der Waals surface area (Å²) in [5.41, 5.74) is 0.105. The molecule has 1 unspecified atom stereocenters. The summed E-state index contributed by atoms with van der Waals surface area (Å²) >= 11 is 0. The summed E-state index contributed by atoms with van der Waals surface area (Å²) in [5, 5.41) is 11.8. The Morgan fingerprint density at radius 1 is 1.53 bits per heavy atom. The number of ether oxygens (including phenoxy) is 1. The van der Waals surface area contributed by atoms with Crippen molar-refractivity contribution in [2.75, 3.05) is 13.7 Å². The molecule has 2 N–H and O–H groups in total. The molecule has 0 aromatic carbocycles. The van der Waals surface area contributed by atoms with E-state index in [0.29, 0.717) is 6.61 Å². The molecule has 0 aliphatic carbocycles. The van der Waals surface area contributed by atoms with Crippen LogP contribution in [0.1, 0.15) is 30.3 Å². The minimum absolute atomic E-state index is 0.00143. The van der Waals surface area contributed by atoms with Gasteiger partial charge in [-0.05, 0) is 18.6 Å². The number of carboxylic acid groups (broad SMARTS) is 1. The average Bonchev–Trinajstić information content (AvgIpc) is 2.77. The zero-order valence-electron chi connectivity index (χ0n) is 11.3. The average molecular weight is 268 g/mol. The number of carbonyl (C=O) groups excluding carboxylic acids is 1. The molecule has 106 valence electrons. The van der Waals surface area contributed by atoms with Gasteiger partial charge in [0, 0.05) is 13.3 Å². The van der Waals surface area contributed by atoms with E-state index in [9.17, 15) is 9.59 Å². The molecule has 0 bridgehead atoms. The standard InChI is InChI=1S/C13H20N2O4/c1-3-5-10(9-19-2)14-12(16)8-15-7-4-6-11(15)13(17)18/h4,6-7,10H,3,5,8-9H2,1-2H3,(H,14,16)(H,17,18). The van der Waals surface area contributed by atoms with Crippen LogP contribution in [0.5, 0.6) is 0 Å². The Bertz CT molecular complexity index is 422. The predicted octanol–water partition coefficient (Wildman–Crippen LogP) is 1.12. The number of aromatic carboxylic acids is 1. The lowest BCUT2D eigenvalue weighted by Crippen LogP contribution is -2.39. The summed E-state index contributed by atoms with van der Waals surface area (Å²) in [6.45, 7) is 2.49. The van der Waals surface area contributed by atoms with E-state index < -0.39 is 5.97 Å². The molecule has 0 saturated carbocycles. The Labute approximate surface area is 112 Å². The summed E-state index contributed by atoms with van der Waals surface area (Å²) in [6.07, 6.45) is 3.35. The number of methoxy groups -OCH3 is 1. The lowest BCUT2D eigenvalue weighted by Gasteiger charge is -2.17. The number of carboxylic acids is 1. The van der Waals surface area contributed by atoms with Crippen molar-refractivity contribution >= 4 is 11.9 Å². The molecule has 0 aliphatic rings. The van der Waals surface area contributed by atoms with Crippen molar-refractivity contribution in [1.82, 2.24) is 9.88 Å². The van der Waals surface area contributed by atoms with Gasteiger partial charge in [0.2, 0.25) is 5.91 Å². The molecule has 6 heteroatoms. The fourth-order valence-corrected chi connectivity index (χ4v) is 1.92. The van der Waals surface area contributed by atoms with Crippen molar-refractivity contribution in [3.8, 4) is 0 Å². The molecule has 0 saturated heterocycles. The van der Waals surface area contributed by atoms with Crippen molar-refractivity contribution in [1.29, 1.82) is 0 Å². The first-order valence-corrected chi connectivity index (χ1v) is 6.25. The van der Waals surface area contributed by atoms with Crippen LogP contribution in [0, 0.1) is 0 Å². The monoisotopic (exact) mass is 268 g/mol. The first kappa shape index (κ1) is 15.2. The molecule has 1 rings (SSSR count). The summed E-state index contributed by atoms with van der Waals surface area (Å²) in [6, 6.07) is 3.04. The van der Waals surface area contributed by atoms with E-state index in [1.165, 1.54) is 10.6 Å². The van der Waals surface area contributed by atoms with E-state index in [4.69, 9.17) is 9.84 Å². The Balaban J connectivity index is 2.58. The maximum absolute atomic E-state index is 11.9. The summed E-state index contributed by atoms with van der Waals surface area (Å²) in [7, 11) is 1.59. The molecule has 1 aromatic rings. The normalized spacial score (nSPS) is 12.1. The van der Waals surface area contributed by atoms with Gasteiger partial charge >= 0.3 is 5.97 Å². The molecule has 1 heterocycles. The van der Waals surface area contributed by atoms with Gasteiger partial charge in [-0.25, -0.2) is 4.79 Å². The Kier molecular flexibility index (Phi) is 6.08. The van der Waals surface area contributed by atoms with Crippen molar-refractivity contribution < 1.29 is 19.4 Å². The molecule has 0 spiro atoms. The van der Waals surface area contributed by atoms with Crippen LogP contribution in [-0.2, 0) is 16.1 Å². The van der Waals surface area contributed by atoms with Gasteiger partial charge in [0.15, 0.2) is 0 Å². The van der Waals surface area contributed by atoms with Gasteiger partial charge in [-0.2, -0.15) is 0 Å². The Hall–Kier alpha value is -1.82.